The van der Waals surface area contributed by atoms with Gasteiger partial charge in [-0.15, -0.1) is 0 Å². The molecule has 0 N–H and O–H groups in total. The van der Waals surface area contributed by atoms with Crippen LogP contribution < -0.4 is 0 Å². The third-order valence-electron chi connectivity index (χ3n) is 3.61. The van der Waals surface area contributed by atoms with Crippen LogP contribution in [-0.2, 0) is 12.6 Å². The second-order valence-electron chi connectivity index (χ2n) is 5.85. The molecule has 0 spiro atoms. The molecule has 0 radical (unpaired) electrons. The van der Waals surface area contributed by atoms with E-state index in [1.165, 1.54) is 27.8 Å². The van der Waals surface area contributed by atoms with E-state index in [2.05, 4.69) is 92.3 Å². The van der Waals surface area contributed by atoms with Gasteiger partial charge in [-0.1, -0.05) is 60.7 Å². The SMILES string of the molecule is Cc1c([SH2+])ccc(-c2ccccc2)c1-c1ccccc1.F[P-](F)(F)(F)(F)F. The Hall–Kier alpha value is -1.98. The molecule has 3 aromatic rings. The second-order valence-corrected chi connectivity index (χ2v) is 8.31. The molecule has 8 heteroatoms. The van der Waals surface area contributed by atoms with Crippen molar-refractivity contribution >= 4 is 20.4 Å². The van der Waals surface area contributed by atoms with E-state index in [4.69, 9.17) is 0 Å². The maximum atomic E-state index is 9.87. The quantitative estimate of drug-likeness (QED) is 0.222. The van der Waals surface area contributed by atoms with Crippen LogP contribution in [0.3, 0.4) is 0 Å². The van der Waals surface area contributed by atoms with Crippen molar-refractivity contribution < 1.29 is 25.2 Å². The van der Waals surface area contributed by atoms with Crippen LogP contribution in [0.4, 0.5) is 25.2 Å². The van der Waals surface area contributed by atoms with Crippen molar-refractivity contribution in [2.24, 2.45) is 0 Å². The molecule has 3 rings (SSSR count). The van der Waals surface area contributed by atoms with Crippen molar-refractivity contribution in [1.82, 2.24) is 0 Å². The van der Waals surface area contributed by atoms with E-state index in [0.29, 0.717) is 0 Å². The molecule has 27 heavy (non-hydrogen) atoms. The fraction of sp³-hybridized carbons (Fsp3) is 0.0526. The van der Waals surface area contributed by atoms with Crippen molar-refractivity contribution in [2.45, 2.75) is 11.8 Å². The zero-order valence-corrected chi connectivity index (χ0v) is 16.0. The Morgan fingerprint density at radius 1 is 0.630 bits per heavy atom. The first-order valence-corrected chi connectivity index (χ1v) is 10.3. The van der Waals surface area contributed by atoms with E-state index < -0.39 is 7.81 Å². The van der Waals surface area contributed by atoms with E-state index in [-0.39, 0.29) is 0 Å². The maximum absolute atomic E-state index is 10.7. The van der Waals surface area contributed by atoms with Gasteiger partial charge in [-0.25, -0.2) is 0 Å². The third-order valence-corrected chi connectivity index (χ3v) is 4.15. The van der Waals surface area contributed by atoms with E-state index in [0.717, 1.165) is 4.90 Å². The minimum atomic E-state index is -10.7. The summed E-state index contributed by atoms with van der Waals surface area (Å²) in [6, 6.07) is 25.4. The van der Waals surface area contributed by atoms with Gasteiger partial charge in [-0.2, -0.15) is 0 Å². The summed E-state index contributed by atoms with van der Waals surface area (Å²) in [7, 11) is -10.7. The molecule has 0 nitrogen and oxygen atoms in total. The summed E-state index contributed by atoms with van der Waals surface area (Å²) in [6.45, 7) is 2.16. The zero-order chi connectivity index (χ0) is 20.4. The Labute approximate surface area is 158 Å². The number of benzene rings is 3. The number of rotatable bonds is 2. The monoisotopic (exact) mass is 422 g/mol. The second kappa shape index (κ2) is 6.88. The average Bonchev–Trinajstić information content (AvgIpc) is 2.56. The molecular formula is C19H17F6PS. The summed E-state index contributed by atoms with van der Waals surface area (Å²) in [4.78, 5) is 1.14. The van der Waals surface area contributed by atoms with Gasteiger partial charge in [-0.05, 0) is 53.9 Å². The fourth-order valence-electron chi connectivity index (χ4n) is 2.55. The molecule has 0 aliphatic heterocycles. The molecule has 0 atom stereocenters. The van der Waals surface area contributed by atoms with Crippen molar-refractivity contribution in [2.75, 3.05) is 0 Å². The first-order chi connectivity index (χ1) is 12.2. The standard InChI is InChI=1S/C19H16S.F6P/c1-14-18(20)13-12-17(15-8-4-2-5-9-15)19(14)16-10-6-3-7-11-16;1-7(2,3,4,5)6/h2-13,20H,1H3;/q;-1/p+1. The summed E-state index contributed by atoms with van der Waals surface area (Å²) in [5.41, 5.74) is 6.35. The van der Waals surface area contributed by atoms with Gasteiger partial charge in [0, 0.05) is 5.56 Å². The molecular weight excluding hydrogens is 405 g/mol. The number of hydrogen-bond donors (Lipinski definition) is 0. The predicted molar refractivity (Wildman–Crippen MR) is 104 cm³/mol. The summed E-state index contributed by atoms with van der Waals surface area (Å²) in [6.07, 6.45) is 0. The first kappa shape index (κ1) is 21.3. The van der Waals surface area contributed by atoms with Crippen LogP contribution in [0.1, 0.15) is 5.56 Å². The van der Waals surface area contributed by atoms with Crippen LogP contribution in [0, 0.1) is 6.92 Å². The van der Waals surface area contributed by atoms with Gasteiger partial charge in [0.15, 0.2) is 4.90 Å². The van der Waals surface area contributed by atoms with Crippen LogP contribution >= 0.6 is 7.81 Å². The van der Waals surface area contributed by atoms with Gasteiger partial charge in [-0.3, -0.25) is 0 Å². The van der Waals surface area contributed by atoms with Gasteiger partial charge in [0.25, 0.3) is 0 Å². The molecule has 0 amide bonds. The van der Waals surface area contributed by atoms with Crippen molar-refractivity contribution in [3.8, 4) is 22.3 Å². The average molecular weight is 422 g/mol. The van der Waals surface area contributed by atoms with Crippen LogP contribution in [0.25, 0.3) is 22.3 Å². The van der Waals surface area contributed by atoms with Crippen LogP contribution in [-0.4, -0.2) is 0 Å². The Morgan fingerprint density at radius 3 is 1.48 bits per heavy atom. The molecule has 0 unspecified atom stereocenters. The fourth-order valence-corrected chi connectivity index (χ4v) is 2.76. The molecule has 3 aromatic carbocycles. The summed E-state index contributed by atoms with van der Waals surface area (Å²) in [5, 5.41) is 0. The molecule has 0 aliphatic carbocycles. The zero-order valence-electron chi connectivity index (χ0n) is 14.1. The van der Waals surface area contributed by atoms with E-state index >= 15 is 0 Å². The topological polar surface area (TPSA) is 0 Å². The Morgan fingerprint density at radius 2 is 1.04 bits per heavy atom. The Kier molecular flexibility index (Phi) is 5.43. The molecule has 0 aliphatic rings. The van der Waals surface area contributed by atoms with Crippen molar-refractivity contribution in [3.05, 3.63) is 78.4 Å². The molecule has 0 saturated carbocycles. The minimum absolute atomic E-state index is 1.14. The molecule has 146 valence electrons. The number of hydrogen-bond acceptors (Lipinski definition) is 0. The van der Waals surface area contributed by atoms with Crippen molar-refractivity contribution in [1.29, 1.82) is 0 Å². The summed E-state index contributed by atoms with van der Waals surface area (Å²) in [5.74, 6) is 0. The summed E-state index contributed by atoms with van der Waals surface area (Å²) < 4.78 is 59.2. The van der Waals surface area contributed by atoms with Gasteiger partial charge >= 0.3 is 33.0 Å². The molecule has 0 heterocycles. The van der Waals surface area contributed by atoms with E-state index in [9.17, 15) is 25.2 Å². The van der Waals surface area contributed by atoms with Gasteiger partial charge < -0.3 is 0 Å². The van der Waals surface area contributed by atoms with E-state index in [1.807, 2.05) is 0 Å². The van der Waals surface area contributed by atoms with Gasteiger partial charge in [0.1, 0.15) is 0 Å². The first-order valence-electron chi connectivity index (χ1n) is 7.75. The number of halogens is 6. The van der Waals surface area contributed by atoms with Crippen LogP contribution in [0.5, 0.6) is 0 Å². The Bertz CT molecular complexity index is 912. The normalized spacial score (nSPS) is 13.8. The molecule has 0 bridgehead atoms. The van der Waals surface area contributed by atoms with E-state index in [1.54, 1.807) is 0 Å². The Balaban J connectivity index is 0.000000321. The molecule has 0 aromatic heterocycles. The third kappa shape index (κ3) is 7.65. The van der Waals surface area contributed by atoms with Crippen LogP contribution in [0.2, 0.25) is 0 Å². The van der Waals surface area contributed by atoms with Crippen molar-refractivity contribution in [3.63, 3.8) is 0 Å². The van der Waals surface area contributed by atoms with Gasteiger partial charge in [0.05, 0.1) is 0 Å². The molecule has 0 fully saturated rings. The van der Waals surface area contributed by atoms with Gasteiger partial charge in [0.2, 0.25) is 0 Å². The predicted octanol–water partition coefficient (Wildman–Crippen LogP) is 8.08. The van der Waals surface area contributed by atoms with Crippen LogP contribution in [0.15, 0.2) is 77.7 Å². The summed E-state index contributed by atoms with van der Waals surface area (Å²) >= 11 is 3.70. The molecule has 0 saturated heterocycles.